The molecule has 0 aliphatic rings. The number of aromatic hydroxyl groups is 1. The minimum absolute atomic E-state index is 0.0342. The van der Waals surface area contributed by atoms with E-state index in [2.05, 4.69) is 15.7 Å². The first-order valence-electron chi connectivity index (χ1n) is 9.83. The molecule has 0 heterocycles. The number of aryl methyl sites for hydroxylation is 1. The molecule has 0 aliphatic carbocycles. The van der Waals surface area contributed by atoms with Crippen molar-refractivity contribution in [2.24, 2.45) is 5.10 Å². The highest BCUT2D eigenvalue weighted by molar-refractivity contribution is 6.40. The van der Waals surface area contributed by atoms with Gasteiger partial charge in [-0.05, 0) is 37.3 Å². The van der Waals surface area contributed by atoms with Crippen molar-refractivity contribution in [1.29, 1.82) is 0 Å². The molecule has 11 heteroatoms. The predicted molar refractivity (Wildman–Crippen MR) is 125 cm³/mol. The molecule has 3 rings (SSSR count). The number of nitro groups is 1. The molecule has 34 heavy (non-hydrogen) atoms. The molecular weight excluding hydrogens is 442 g/mol. The Bertz CT molecular complexity index is 1290. The summed E-state index contributed by atoms with van der Waals surface area (Å²) in [7, 11) is 0. The maximum Gasteiger partial charge on any atom is 0.329 e. The number of carbonyl (C=O) groups is 3. The van der Waals surface area contributed by atoms with Crippen LogP contribution in [0.5, 0.6) is 5.75 Å². The molecule has 3 aromatic rings. The van der Waals surface area contributed by atoms with E-state index in [1.165, 1.54) is 12.1 Å². The first-order valence-corrected chi connectivity index (χ1v) is 9.83. The number of amides is 3. The SMILES string of the molecule is Cc1ccc(NC(=O)c2ccccc2NC(=O)C(=O)N/N=C/c2cc([N+](=O)[O-])ccc2O)cc1. The number of phenols is 1. The van der Waals surface area contributed by atoms with Crippen molar-refractivity contribution in [2.45, 2.75) is 6.92 Å². The van der Waals surface area contributed by atoms with E-state index in [1.54, 1.807) is 24.3 Å². The molecule has 0 radical (unpaired) electrons. The number of anilines is 2. The zero-order valence-corrected chi connectivity index (χ0v) is 17.8. The van der Waals surface area contributed by atoms with Gasteiger partial charge in [-0.2, -0.15) is 5.10 Å². The van der Waals surface area contributed by atoms with Gasteiger partial charge >= 0.3 is 11.8 Å². The van der Waals surface area contributed by atoms with Crippen molar-refractivity contribution in [3.05, 3.63) is 93.5 Å². The van der Waals surface area contributed by atoms with Gasteiger partial charge in [0, 0.05) is 23.4 Å². The largest absolute Gasteiger partial charge is 0.507 e. The fourth-order valence-corrected chi connectivity index (χ4v) is 2.77. The van der Waals surface area contributed by atoms with E-state index < -0.39 is 22.6 Å². The van der Waals surface area contributed by atoms with Gasteiger partial charge < -0.3 is 15.7 Å². The summed E-state index contributed by atoms with van der Waals surface area (Å²) in [6.45, 7) is 1.91. The van der Waals surface area contributed by atoms with E-state index in [4.69, 9.17) is 0 Å². The summed E-state index contributed by atoms with van der Waals surface area (Å²) >= 11 is 0. The zero-order chi connectivity index (χ0) is 24.7. The highest BCUT2D eigenvalue weighted by Crippen LogP contribution is 2.21. The Balaban J connectivity index is 1.65. The number of carbonyl (C=O) groups excluding carboxylic acids is 3. The van der Waals surface area contributed by atoms with Crippen LogP contribution in [0.25, 0.3) is 0 Å². The molecule has 3 amide bonds. The summed E-state index contributed by atoms with van der Waals surface area (Å²) in [6, 6.07) is 16.5. The van der Waals surface area contributed by atoms with Crippen LogP contribution in [0.1, 0.15) is 21.5 Å². The first kappa shape index (κ1) is 23.6. The standard InChI is InChI=1S/C23H19N5O6/c1-14-6-8-16(9-7-14)25-21(30)18-4-2-3-5-19(18)26-22(31)23(32)27-24-13-15-12-17(28(33)34)10-11-20(15)29/h2-13,29H,1H3,(H,25,30)(H,26,31)(H,27,32)/b24-13+. The molecule has 0 spiro atoms. The molecule has 0 fully saturated rings. The van der Waals surface area contributed by atoms with Crippen molar-refractivity contribution in [1.82, 2.24) is 5.43 Å². The summed E-state index contributed by atoms with van der Waals surface area (Å²) in [5.41, 5.74) is 3.46. The fourth-order valence-electron chi connectivity index (χ4n) is 2.77. The number of para-hydroxylation sites is 1. The molecule has 0 saturated heterocycles. The van der Waals surface area contributed by atoms with Crippen molar-refractivity contribution < 1.29 is 24.4 Å². The van der Waals surface area contributed by atoms with Gasteiger partial charge in [0.2, 0.25) is 0 Å². The molecule has 172 valence electrons. The normalized spacial score (nSPS) is 10.5. The number of hydrogen-bond donors (Lipinski definition) is 4. The Labute approximate surface area is 193 Å². The molecule has 11 nitrogen and oxygen atoms in total. The number of nitrogens with zero attached hydrogens (tertiary/aromatic N) is 2. The molecule has 4 N–H and O–H groups in total. The Hall–Kier alpha value is -5.06. The monoisotopic (exact) mass is 461 g/mol. The van der Waals surface area contributed by atoms with Gasteiger partial charge in [0.05, 0.1) is 22.4 Å². The summed E-state index contributed by atoms with van der Waals surface area (Å²) in [4.78, 5) is 47.2. The van der Waals surface area contributed by atoms with Crippen LogP contribution in [-0.4, -0.2) is 34.0 Å². The molecule has 0 aromatic heterocycles. The third-order valence-electron chi connectivity index (χ3n) is 4.53. The summed E-state index contributed by atoms with van der Waals surface area (Å²) < 4.78 is 0. The summed E-state index contributed by atoms with van der Waals surface area (Å²) in [5, 5.41) is 29.2. The average Bonchev–Trinajstić information content (AvgIpc) is 2.81. The highest BCUT2D eigenvalue weighted by atomic mass is 16.6. The van der Waals surface area contributed by atoms with Crippen LogP contribution in [0.4, 0.5) is 17.1 Å². The molecule has 3 aromatic carbocycles. The van der Waals surface area contributed by atoms with Gasteiger partial charge in [-0.25, -0.2) is 5.43 Å². The zero-order valence-electron chi connectivity index (χ0n) is 17.8. The first-order chi connectivity index (χ1) is 16.2. The Morgan fingerprint density at radius 1 is 0.971 bits per heavy atom. The second kappa shape index (κ2) is 10.5. The van der Waals surface area contributed by atoms with Crippen LogP contribution in [0.15, 0.2) is 71.8 Å². The smallest absolute Gasteiger partial charge is 0.329 e. The number of non-ortho nitro benzene ring substituents is 1. The quantitative estimate of drug-likeness (QED) is 0.191. The van der Waals surface area contributed by atoms with Gasteiger partial charge in [0.25, 0.3) is 11.6 Å². The molecule has 0 bridgehead atoms. The number of nitro benzene ring substituents is 1. The van der Waals surface area contributed by atoms with Crippen LogP contribution < -0.4 is 16.1 Å². The number of rotatable bonds is 6. The van der Waals surface area contributed by atoms with Gasteiger partial charge in [-0.1, -0.05) is 29.8 Å². The van der Waals surface area contributed by atoms with Crippen molar-refractivity contribution >= 4 is 41.0 Å². The Kier molecular flexibility index (Phi) is 7.29. The van der Waals surface area contributed by atoms with Crippen LogP contribution >= 0.6 is 0 Å². The summed E-state index contributed by atoms with van der Waals surface area (Å²) in [5.74, 6) is -3.05. The van der Waals surface area contributed by atoms with E-state index in [0.717, 1.165) is 30.0 Å². The molecule has 0 saturated carbocycles. The van der Waals surface area contributed by atoms with E-state index >= 15 is 0 Å². The van der Waals surface area contributed by atoms with Crippen LogP contribution in [0.2, 0.25) is 0 Å². The molecule has 0 unspecified atom stereocenters. The number of hydrogen-bond acceptors (Lipinski definition) is 7. The fraction of sp³-hybridized carbons (Fsp3) is 0.0435. The maximum absolute atomic E-state index is 12.6. The van der Waals surface area contributed by atoms with E-state index in [-0.39, 0.29) is 28.3 Å². The maximum atomic E-state index is 12.6. The van der Waals surface area contributed by atoms with Crippen molar-refractivity contribution in [3.63, 3.8) is 0 Å². The van der Waals surface area contributed by atoms with E-state index in [0.29, 0.717) is 5.69 Å². The van der Waals surface area contributed by atoms with Crippen molar-refractivity contribution in [3.8, 4) is 5.75 Å². The Morgan fingerprint density at radius 2 is 1.68 bits per heavy atom. The lowest BCUT2D eigenvalue weighted by Gasteiger charge is -2.11. The van der Waals surface area contributed by atoms with E-state index in [1.807, 2.05) is 24.5 Å². The van der Waals surface area contributed by atoms with Gasteiger partial charge in [0.15, 0.2) is 0 Å². The third-order valence-corrected chi connectivity index (χ3v) is 4.53. The lowest BCUT2D eigenvalue weighted by molar-refractivity contribution is -0.384. The minimum Gasteiger partial charge on any atom is -0.507 e. The highest BCUT2D eigenvalue weighted by Gasteiger charge is 2.18. The van der Waals surface area contributed by atoms with Crippen LogP contribution in [0, 0.1) is 17.0 Å². The lowest BCUT2D eigenvalue weighted by Crippen LogP contribution is -2.33. The molecular formula is C23H19N5O6. The molecule has 0 aliphatic heterocycles. The van der Waals surface area contributed by atoms with Crippen LogP contribution in [-0.2, 0) is 9.59 Å². The van der Waals surface area contributed by atoms with Crippen molar-refractivity contribution in [2.75, 3.05) is 10.6 Å². The van der Waals surface area contributed by atoms with Gasteiger partial charge in [-0.15, -0.1) is 0 Å². The number of hydrazone groups is 1. The second-order valence-corrected chi connectivity index (χ2v) is 7.02. The lowest BCUT2D eigenvalue weighted by atomic mass is 10.1. The third kappa shape index (κ3) is 6.01. The number of phenolic OH excluding ortho intramolecular Hbond substituents is 1. The minimum atomic E-state index is -1.16. The van der Waals surface area contributed by atoms with Gasteiger partial charge in [0.1, 0.15) is 5.75 Å². The van der Waals surface area contributed by atoms with Crippen LogP contribution in [0.3, 0.4) is 0 Å². The summed E-state index contributed by atoms with van der Waals surface area (Å²) in [6.07, 6.45) is 0.955. The predicted octanol–water partition coefficient (Wildman–Crippen LogP) is 2.95. The number of nitrogens with one attached hydrogen (secondary N) is 3. The molecule has 0 atom stereocenters. The van der Waals surface area contributed by atoms with E-state index in [9.17, 15) is 29.6 Å². The Morgan fingerprint density at radius 3 is 2.38 bits per heavy atom. The topological polar surface area (TPSA) is 163 Å². The number of benzene rings is 3. The second-order valence-electron chi connectivity index (χ2n) is 7.02. The van der Waals surface area contributed by atoms with Gasteiger partial charge in [-0.3, -0.25) is 24.5 Å². The average molecular weight is 461 g/mol.